The average Bonchev–Trinajstić information content (AvgIpc) is 2.72. The van der Waals surface area contributed by atoms with Gasteiger partial charge < -0.3 is 9.84 Å². The highest BCUT2D eigenvalue weighted by Gasteiger charge is 2.14. The first kappa shape index (κ1) is 13.7. The van der Waals surface area contributed by atoms with Gasteiger partial charge in [-0.15, -0.1) is 0 Å². The van der Waals surface area contributed by atoms with Crippen LogP contribution in [0.3, 0.4) is 0 Å². The number of benzene rings is 1. The van der Waals surface area contributed by atoms with Crippen LogP contribution in [0.15, 0.2) is 24.4 Å². The summed E-state index contributed by atoms with van der Waals surface area (Å²) in [5.74, 6) is -0.678. The number of hydrogen-bond donors (Lipinski definition) is 1. The summed E-state index contributed by atoms with van der Waals surface area (Å²) in [4.78, 5) is 10.8. The fourth-order valence-electron chi connectivity index (χ4n) is 1.46. The fourth-order valence-corrected chi connectivity index (χ4v) is 1.87. The van der Waals surface area contributed by atoms with E-state index in [-0.39, 0.29) is 17.4 Å². The molecule has 0 saturated heterocycles. The van der Waals surface area contributed by atoms with E-state index in [1.54, 1.807) is 12.1 Å². The molecule has 2 rings (SSSR count). The fraction of sp³-hybridized carbons (Fsp3) is 0.167. The predicted octanol–water partition coefficient (Wildman–Crippen LogP) is 3.23. The van der Waals surface area contributed by atoms with Crippen LogP contribution in [0.4, 0.5) is 0 Å². The molecule has 0 unspecified atom stereocenters. The van der Waals surface area contributed by atoms with Crippen LogP contribution < -0.4 is 4.74 Å². The molecule has 2 aromatic rings. The Morgan fingerprint density at radius 2 is 2.16 bits per heavy atom. The molecule has 1 aromatic heterocycles. The van der Waals surface area contributed by atoms with Crippen molar-refractivity contribution in [2.45, 2.75) is 13.7 Å². The van der Waals surface area contributed by atoms with Gasteiger partial charge in [-0.3, -0.25) is 0 Å². The summed E-state index contributed by atoms with van der Waals surface area (Å²) in [6, 6.07) is 5.37. The maximum absolute atomic E-state index is 10.8. The Kier molecular flexibility index (Phi) is 3.97. The van der Waals surface area contributed by atoms with Gasteiger partial charge in [-0.05, 0) is 24.6 Å². The van der Waals surface area contributed by atoms with Crippen molar-refractivity contribution in [1.29, 1.82) is 0 Å². The van der Waals surface area contributed by atoms with E-state index in [0.717, 1.165) is 5.56 Å². The summed E-state index contributed by atoms with van der Waals surface area (Å²) in [5, 5.41) is 13.2. The Labute approximate surface area is 119 Å². The lowest BCUT2D eigenvalue weighted by molar-refractivity contribution is 0.0688. The van der Waals surface area contributed by atoms with Crippen LogP contribution in [0, 0.1) is 6.92 Å². The number of aryl methyl sites for hydroxylation is 1. The highest BCUT2D eigenvalue weighted by Crippen LogP contribution is 2.25. The number of aromatic carboxylic acids is 1. The summed E-state index contributed by atoms with van der Waals surface area (Å²) in [6.45, 7) is 1.94. The van der Waals surface area contributed by atoms with Crippen LogP contribution in [-0.2, 0) is 6.73 Å². The molecule has 0 atom stereocenters. The molecule has 0 bridgehead atoms. The van der Waals surface area contributed by atoms with Gasteiger partial charge in [-0.1, -0.05) is 29.3 Å². The molecule has 0 aliphatic rings. The number of rotatable bonds is 4. The number of ether oxygens (including phenoxy) is 1. The van der Waals surface area contributed by atoms with Crippen molar-refractivity contribution in [1.82, 2.24) is 9.78 Å². The van der Waals surface area contributed by atoms with E-state index >= 15 is 0 Å². The number of carboxylic acids is 1. The highest BCUT2D eigenvalue weighted by molar-refractivity contribution is 6.33. The van der Waals surface area contributed by atoms with Crippen molar-refractivity contribution in [3.63, 3.8) is 0 Å². The minimum atomic E-state index is -1.18. The summed E-state index contributed by atoms with van der Waals surface area (Å²) < 4.78 is 6.76. The third kappa shape index (κ3) is 3.19. The first-order valence-electron chi connectivity index (χ1n) is 5.32. The Morgan fingerprint density at radius 3 is 2.79 bits per heavy atom. The Hall–Kier alpha value is -1.72. The van der Waals surface area contributed by atoms with Gasteiger partial charge in [0.15, 0.2) is 12.4 Å². The number of carbonyl (C=O) groups is 1. The summed E-state index contributed by atoms with van der Waals surface area (Å²) in [6.07, 6.45) is 1.38. The number of hydrogen-bond acceptors (Lipinski definition) is 3. The molecule has 0 aliphatic heterocycles. The molecular weight excluding hydrogens is 291 g/mol. The van der Waals surface area contributed by atoms with Crippen molar-refractivity contribution in [2.24, 2.45) is 0 Å². The molecular formula is C12H10Cl2N2O3. The Balaban J connectivity index is 2.12. The first-order chi connectivity index (χ1) is 8.97. The quantitative estimate of drug-likeness (QED) is 0.941. The molecule has 0 aliphatic carbocycles. The van der Waals surface area contributed by atoms with E-state index in [4.69, 9.17) is 33.0 Å². The van der Waals surface area contributed by atoms with Crippen molar-refractivity contribution in [2.75, 3.05) is 0 Å². The molecule has 7 heteroatoms. The van der Waals surface area contributed by atoms with Crippen molar-refractivity contribution in [3.8, 4) is 5.75 Å². The Morgan fingerprint density at radius 1 is 1.42 bits per heavy atom. The zero-order chi connectivity index (χ0) is 14.0. The molecule has 100 valence electrons. The standard InChI is InChI=1S/C12H10Cl2N2O3/c1-7-2-3-8(13)10(4-7)19-6-16-5-9(14)11(15-16)12(17)18/h2-5H,6H2,1H3,(H,17,18). The van der Waals surface area contributed by atoms with Gasteiger partial charge in [0.25, 0.3) is 0 Å². The van der Waals surface area contributed by atoms with E-state index in [1.165, 1.54) is 10.9 Å². The third-order valence-electron chi connectivity index (χ3n) is 2.36. The average molecular weight is 301 g/mol. The maximum Gasteiger partial charge on any atom is 0.357 e. The lowest BCUT2D eigenvalue weighted by Crippen LogP contribution is -2.08. The Bertz CT molecular complexity index is 625. The van der Waals surface area contributed by atoms with Gasteiger partial charge in [-0.2, -0.15) is 5.10 Å². The van der Waals surface area contributed by atoms with Gasteiger partial charge >= 0.3 is 5.97 Å². The number of aromatic nitrogens is 2. The summed E-state index contributed by atoms with van der Waals surface area (Å²) >= 11 is 11.7. The molecule has 1 heterocycles. The summed E-state index contributed by atoms with van der Waals surface area (Å²) in [7, 11) is 0. The molecule has 1 aromatic carbocycles. The second-order valence-electron chi connectivity index (χ2n) is 3.88. The minimum Gasteiger partial charge on any atom is -0.476 e. The van der Waals surface area contributed by atoms with Crippen molar-refractivity contribution < 1.29 is 14.6 Å². The number of nitrogens with zero attached hydrogens (tertiary/aromatic N) is 2. The second-order valence-corrected chi connectivity index (χ2v) is 4.69. The third-order valence-corrected chi connectivity index (χ3v) is 2.95. The lowest BCUT2D eigenvalue weighted by Gasteiger charge is -2.08. The van der Waals surface area contributed by atoms with Crippen LogP contribution >= 0.6 is 23.2 Å². The predicted molar refractivity (Wildman–Crippen MR) is 71.0 cm³/mol. The molecule has 1 N–H and O–H groups in total. The van der Waals surface area contributed by atoms with E-state index < -0.39 is 5.97 Å². The smallest absolute Gasteiger partial charge is 0.357 e. The first-order valence-corrected chi connectivity index (χ1v) is 6.08. The largest absolute Gasteiger partial charge is 0.476 e. The molecule has 0 fully saturated rings. The topological polar surface area (TPSA) is 64.3 Å². The van der Waals surface area contributed by atoms with Crippen LogP contribution in [0.2, 0.25) is 10.0 Å². The van der Waals surface area contributed by atoms with Gasteiger partial charge in [0.1, 0.15) is 5.75 Å². The zero-order valence-corrected chi connectivity index (χ0v) is 11.4. The van der Waals surface area contributed by atoms with E-state index in [1.807, 2.05) is 13.0 Å². The molecule has 0 radical (unpaired) electrons. The maximum atomic E-state index is 10.8. The number of halogens is 2. The van der Waals surface area contributed by atoms with Gasteiger partial charge in [-0.25, -0.2) is 9.48 Å². The van der Waals surface area contributed by atoms with Gasteiger partial charge in [0.05, 0.1) is 10.0 Å². The SMILES string of the molecule is Cc1ccc(Cl)c(OCn2cc(Cl)c(C(=O)O)n2)c1. The van der Waals surface area contributed by atoms with Crippen molar-refractivity contribution >= 4 is 29.2 Å². The van der Waals surface area contributed by atoms with Gasteiger partial charge in [0.2, 0.25) is 0 Å². The monoisotopic (exact) mass is 300 g/mol. The van der Waals surface area contributed by atoms with Crippen molar-refractivity contribution in [3.05, 3.63) is 45.7 Å². The van der Waals surface area contributed by atoms with Crippen LogP contribution in [0.1, 0.15) is 16.1 Å². The zero-order valence-electron chi connectivity index (χ0n) is 9.93. The van der Waals surface area contributed by atoms with E-state index in [2.05, 4.69) is 5.10 Å². The normalized spacial score (nSPS) is 10.5. The van der Waals surface area contributed by atoms with Gasteiger partial charge in [0, 0.05) is 6.20 Å². The summed E-state index contributed by atoms with van der Waals surface area (Å²) in [5.41, 5.74) is 0.796. The highest BCUT2D eigenvalue weighted by atomic mass is 35.5. The molecule has 0 amide bonds. The molecule has 19 heavy (non-hydrogen) atoms. The van der Waals surface area contributed by atoms with E-state index in [9.17, 15) is 4.79 Å². The van der Waals surface area contributed by atoms with E-state index in [0.29, 0.717) is 10.8 Å². The lowest BCUT2D eigenvalue weighted by atomic mass is 10.2. The van der Waals surface area contributed by atoms with Crippen LogP contribution in [0.5, 0.6) is 5.75 Å². The second kappa shape index (κ2) is 5.50. The number of carboxylic acid groups (broad SMARTS) is 1. The van der Waals surface area contributed by atoms with Crippen LogP contribution in [0.25, 0.3) is 0 Å². The molecule has 0 saturated carbocycles. The molecule has 0 spiro atoms. The molecule has 5 nitrogen and oxygen atoms in total. The minimum absolute atomic E-state index is 0.0240. The van der Waals surface area contributed by atoms with Crippen LogP contribution in [-0.4, -0.2) is 20.9 Å².